The van der Waals surface area contributed by atoms with Crippen LogP contribution in [0.15, 0.2) is 36.6 Å². The van der Waals surface area contributed by atoms with Crippen LogP contribution < -0.4 is 0 Å². The number of carboxylic acid groups (broad SMARTS) is 1. The molecule has 0 bridgehead atoms. The molecule has 0 aromatic rings. The Morgan fingerprint density at radius 3 is 1.58 bits per heavy atom. The summed E-state index contributed by atoms with van der Waals surface area (Å²) in [5.74, 6) is -1.14. The van der Waals surface area contributed by atoms with E-state index >= 15 is 0 Å². The second kappa shape index (κ2) is 3.57. The van der Waals surface area contributed by atoms with E-state index in [1.54, 1.807) is 0 Å². The Hall–Kier alpha value is -1.77. The second-order valence-corrected chi connectivity index (χ2v) is 2.23. The van der Waals surface area contributed by atoms with Gasteiger partial charge in [0.2, 0.25) is 0 Å². The van der Waals surface area contributed by atoms with Gasteiger partial charge in [-0.15, -0.1) is 0 Å². The number of hydrogen-bond donors (Lipinski definition) is 2. The summed E-state index contributed by atoms with van der Waals surface area (Å²) in [6.07, 6.45) is 1.11. The quantitative estimate of drug-likeness (QED) is 0.499. The molecular formula is C9H8O3. The van der Waals surface area contributed by atoms with Crippen molar-refractivity contribution < 1.29 is 15.0 Å². The fourth-order valence-corrected chi connectivity index (χ4v) is 0.726. The van der Waals surface area contributed by atoms with Gasteiger partial charge in [0.05, 0.1) is 12.3 Å². The summed E-state index contributed by atoms with van der Waals surface area (Å²) in [6.45, 7) is 0. The Bertz CT molecular complexity index is 277. The number of aliphatic hydroxyl groups is 1. The highest BCUT2D eigenvalue weighted by Gasteiger charge is 2.03. The van der Waals surface area contributed by atoms with E-state index in [2.05, 4.69) is 24.3 Å². The Morgan fingerprint density at radius 2 is 1.58 bits per heavy atom. The van der Waals surface area contributed by atoms with Crippen molar-refractivity contribution >= 4 is 5.97 Å². The molecule has 2 rings (SSSR count). The lowest BCUT2D eigenvalue weighted by molar-refractivity contribution is -0.131. The van der Waals surface area contributed by atoms with Crippen molar-refractivity contribution in [3.05, 3.63) is 36.6 Å². The zero-order valence-electron chi connectivity index (χ0n) is 6.27. The van der Waals surface area contributed by atoms with Gasteiger partial charge < -0.3 is 10.2 Å². The van der Waals surface area contributed by atoms with Crippen LogP contribution in [0.4, 0.5) is 0 Å². The highest BCUT2D eigenvalue weighted by atomic mass is 16.4. The molecule has 0 saturated carbocycles. The van der Waals surface area contributed by atoms with Gasteiger partial charge in [-0.25, -0.2) is 4.79 Å². The average Bonchev–Trinajstić information content (AvgIpc) is 1.98. The molecule has 0 heterocycles. The normalized spacial score (nSPS) is 10.3. The molecule has 12 heavy (non-hydrogen) atoms. The lowest BCUT2D eigenvalue weighted by atomic mass is 9.95. The van der Waals surface area contributed by atoms with Gasteiger partial charge in [-0.05, 0) is 11.1 Å². The van der Waals surface area contributed by atoms with Crippen molar-refractivity contribution in [3.8, 4) is 11.1 Å². The van der Waals surface area contributed by atoms with Crippen molar-refractivity contribution in [2.45, 2.75) is 0 Å². The first-order valence-corrected chi connectivity index (χ1v) is 3.38. The summed E-state index contributed by atoms with van der Waals surface area (Å²) in [6, 6.07) is 8.48. The predicted molar refractivity (Wildman–Crippen MR) is 44.8 cm³/mol. The van der Waals surface area contributed by atoms with Gasteiger partial charge in [-0.3, -0.25) is 0 Å². The van der Waals surface area contributed by atoms with Crippen LogP contribution >= 0.6 is 0 Å². The maximum absolute atomic E-state index is 9.35. The molecule has 0 radical (unpaired) electrons. The molecular weight excluding hydrogens is 156 g/mol. The molecule has 2 aliphatic carbocycles. The van der Waals surface area contributed by atoms with Crippen molar-refractivity contribution in [3.63, 3.8) is 0 Å². The van der Waals surface area contributed by atoms with E-state index in [9.17, 15) is 4.79 Å². The molecule has 0 spiro atoms. The van der Waals surface area contributed by atoms with Crippen LogP contribution in [0.1, 0.15) is 0 Å². The fraction of sp³-hybridized carbons (Fsp3) is 0. The Morgan fingerprint density at radius 1 is 1.17 bits per heavy atom. The van der Waals surface area contributed by atoms with Crippen LogP contribution in [-0.2, 0) is 4.79 Å². The van der Waals surface area contributed by atoms with E-state index in [-0.39, 0.29) is 0 Å². The van der Waals surface area contributed by atoms with Gasteiger partial charge in [-0.2, -0.15) is 0 Å². The molecule has 0 aromatic carbocycles. The summed E-state index contributed by atoms with van der Waals surface area (Å²) in [7, 11) is 0. The van der Waals surface area contributed by atoms with Crippen LogP contribution in [0.5, 0.6) is 0 Å². The third-order valence-electron chi connectivity index (χ3n) is 1.44. The summed E-state index contributed by atoms with van der Waals surface area (Å²) in [4.78, 5) is 9.35. The molecule has 0 aromatic heterocycles. The fourth-order valence-electron chi connectivity index (χ4n) is 0.726. The topological polar surface area (TPSA) is 57.5 Å². The summed E-state index contributed by atoms with van der Waals surface area (Å²) in [5.41, 5.74) is 2.85. The van der Waals surface area contributed by atoms with Gasteiger partial charge in [0.25, 0.3) is 0 Å². The molecule has 62 valence electrons. The van der Waals surface area contributed by atoms with Crippen LogP contribution in [0.3, 0.4) is 0 Å². The number of aliphatic carboxylic acids is 1. The first-order chi connectivity index (χ1) is 5.74. The monoisotopic (exact) mass is 164 g/mol. The van der Waals surface area contributed by atoms with E-state index in [0.717, 1.165) is 0 Å². The molecule has 0 unspecified atom stereocenters. The minimum Gasteiger partial charge on any atom is -0.515 e. The third kappa shape index (κ3) is 1.85. The van der Waals surface area contributed by atoms with Gasteiger partial charge in [0, 0.05) is 0 Å². The Labute approximate surface area is 69.6 Å². The first-order valence-electron chi connectivity index (χ1n) is 3.38. The maximum Gasteiger partial charge on any atom is 0.331 e. The number of aliphatic hydroxyl groups excluding tert-OH is 1. The molecule has 0 aliphatic heterocycles. The lowest BCUT2D eigenvalue weighted by Crippen LogP contribution is -1.85. The van der Waals surface area contributed by atoms with E-state index in [0.29, 0.717) is 12.3 Å². The Kier molecular flexibility index (Phi) is 2.48. The summed E-state index contributed by atoms with van der Waals surface area (Å²) in [5, 5.41) is 15.3. The highest BCUT2D eigenvalue weighted by Crippen LogP contribution is 2.29. The molecule has 0 fully saturated rings. The first kappa shape index (κ1) is 8.33. The number of carboxylic acids is 1. The SMILES string of the molecule is O=C(O)C=CO.c1cc2ccc1-2. The number of carbonyl (C=O) groups is 1. The van der Waals surface area contributed by atoms with Gasteiger partial charge in [0.15, 0.2) is 0 Å². The van der Waals surface area contributed by atoms with Crippen LogP contribution in [0.25, 0.3) is 11.1 Å². The van der Waals surface area contributed by atoms with E-state index < -0.39 is 5.97 Å². The van der Waals surface area contributed by atoms with Crippen LogP contribution in [0, 0.1) is 0 Å². The molecule has 3 heteroatoms. The number of hydrogen-bond acceptors (Lipinski definition) is 2. The zero-order valence-corrected chi connectivity index (χ0v) is 6.27. The van der Waals surface area contributed by atoms with Crippen molar-refractivity contribution in [2.24, 2.45) is 0 Å². The number of fused-ring (bicyclic) bond motifs is 1. The number of benzene rings is 1. The van der Waals surface area contributed by atoms with Crippen molar-refractivity contribution in [1.29, 1.82) is 0 Å². The molecule has 3 nitrogen and oxygen atoms in total. The molecule has 2 aliphatic rings. The van der Waals surface area contributed by atoms with Crippen molar-refractivity contribution in [2.75, 3.05) is 0 Å². The molecule has 0 amide bonds. The summed E-state index contributed by atoms with van der Waals surface area (Å²) >= 11 is 0. The highest BCUT2D eigenvalue weighted by molar-refractivity contribution is 5.79. The van der Waals surface area contributed by atoms with Crippen LogP contribution in [0.2, 0.25) is 0 Å². The number of rotatable bonds is 1. The molecule has 0 saturated heterocycles. The van der Waals surface area contributed by atoms with Crippen molar-refractivity contribution in [1.82, 2.24) is 0 Å². The van der Waals surface area contributed by atoms with Crippen LogP contribution in [-0.4, -0.2) is 16.2 Å². The van der Waals surface area contributed by atoms with E-state index in [1.807, 2.05) is 0 Å². The summed E-state index contributed by atoms with van der Waals surface area (Å²) < 4.78 is 0. The molecule has 0 atom stereocenters. The minimum absolute atomic E-state index is 0.475. The van der Waals surface area contributed by atoms with Gasteiger partial charge in [-0.1, -0.05) is 24.3 Å². The predicted octanol–water partition coefficient (Wildman–Crippen LogP) is 1.81. The minimum atomic E-state index is -1.14. The van der Waals surface area contributed by atoms with E-state index in [1.165, 1.54) is 11.1 Å². The Balaban J connectivity index is 0.000000120. The maximum atomic E-state index is 9.35. The van der Waals surface area contributed by atoms with Gasteiger partial charge in [0.1, 0.15) is 0 Å². The zero-order chi connectivity index (χ0) is 8.97. The van der Waals surface area contributed by atoms with Gasteiger partial charge >= 0.3 is 5.97 Å². The largest absolute Gasteiger partial charge is 0.515 e. The van der Waals surface area contributed by atoms with E-state index in [4.69, 9.17) is 10.2 Å². The molecule has 2 N–H and O–H groups in total. The standard InChI is InChI=1S/C6H4.C3H4O3/c1-2-6-4-3-5(1)6;4-2-1-3(5)6/h1-4H;1-2,4H,(H,5,6). The smallest absolute Gasteiger partial charge is 0.331 e. The third-order valence-corrected chi connectivity index (χ3v) is 1.44. The lowest BCUT2D eigenvalue weighted by Gasteiger charge is -2.10. The second-order valence-electron chi connectivity index (χ2n) is 2.23. The average molecular weight is 164 g/mol.